The molecule has 0 spiro atoms. The summed E-state index contributed by atoms with van der Waals surface area (Å²) in [6.07, 6.45) is 1.04. The van der Waals surface area contributed by atoms with Crippen LogP contribution in [0.3, 0.4) is 0 Å². The molecule has 1 unspecified atom stereocenters. The molecule has 0 aliphatic carbocycles. The van der Waals surface area contributed by atoms with Crippen molar-refractivity contribution in [2.75, 3.05) is 13.7 Å². The Morgan fingerprint density at radius 3 is 2.88 bits per heavy atom. The van der Waals surface area contributed by atoms with Gasteiger partial charge in [-0.3, -0.25) is 5.32 Å². The van der Waals surface area contributed by atoms with Gasteiger partial charge >= 0.3 is 0 Å². The lowest BCUT2D eigenvalue weighted by Crippen LogP contribution is -2.20. The maximum Gasteiger partial charge on any atom is 0.119 e. The van der Waals surface area contributed by atoms with Crippen LogP contribution in [0, 0.1) is 11.8 Å². The molecule has 2 nitrogen and oxygen atoms in total. The lowest BCUT2D eigenvalue weighted by Gasteiger charge is -2.16. The molecule has 0 amide bonds. The monoisotopic (exact) mass is 217 g/mol. The fourth-order valence-electron chi connectivity index (χ4n) is 1.62. The Bertz CT molecular complexity index is 376. The van der Waals surface area contributed by atoms with Gasteiger partial charge in [0.15, 0.2) is 0 Å². The molecule has 0 bridgehead atoms. The van der Waals surface area contributed by atoms with E-state index in [0.717, 1.165) is 18.7 Å². The van der Waals surface area contributed by atoms with Crippen molar-refractivity contribution < 1.29 is 4.74 Å². The van der Waals surface area contributed by atoms with Crippen molar-refractivity contribution in [1.82, 2.24) is 5.32 Å². The third-order valence-electron chi connectivity index (χ3n) is 2.52. The quantitative estimate of drug-likeness (QED) is 0.766. The van der Waals surface area contributed by atoms with Crippen molar-refractivity contribution >= 4 is 0 Å². The molecule has 1 aromatic rings. The summed E-state index contributed by atoms with van der Waals surface area (Å²) in [5.41, 5.74) is 1.25. The van der Waals surface area contributed by atoms with Crippen molar-refractivity contribution in [2.45, 2.75) is 26.3 Å². The number of hydrogen-bond acceptors (Lipinski definition) is 2. The highest BCUT2D eigenvalue weighted by Crippen LogP contribution is 2.21. The molecular formula is C14H19NO. The van der Waals surface area contributed by atoms with Crippen LogP contribution in [0.25, 0.3) is 0 Å². The molecule has 1 rings (SSSR count). The third-order valence-corrected chi connectivity index (χ3v) is 2.52. The Balaban J connectivity index is 2.72. The first-order valence-corrected chi connectivity index (χ1v) is 5.58. The fraction of sp³-hybridized carbons (Fsp3) is 0.429. The Morgan fingerprint density at radius 1 is 1.44 bits per heavy atom. The van der Waals surface area contributed by atoms with Crippen LogP contribution < -0.4 is 10.1 Å². The molecule has 2 heteroatoms. The summed E-state index contributed by atoms with van der Waals surface area (Å²) in [6.45, 7) is 4.75. The molecule has 0 aliphatic heterocycles. The standard InChI is InChI=1S/C14H19NO/c1-4-6-10-15-14(5-2)12-8-7-9-13(11-12)16-3/h7-9,11,14-15H,5,10H2,1-3H3. The third kappa shape index (κ3) is 3.60. The zero-order valence-corrected chi connectivity index (χ0v) is 10.2. The Kier molecular flexibility index (Phi) is 5.45. The van der Waals surface area contributed by atoms with Crippen LogP contribution in [0.15, 0.2) is 24.3 Å². The SMILES string of the molecule is CC#CCNC(CC)c1cccc(OC)c1. The maximum atomic E-state index is 5.22. The average Bonchev–Trinajstić information content (AvgIpc) is 2.35. The predicted molar refractivity (Wildman–Crippen MR) is 67.5 cm³/mol. The second kappa shape index (κ2) is 6.92. The zero-order chi connectivity index (χ0) is 11.8. The molecule has 1 atom stereocenters. The number of benzene rings is 1. The number of hydrogen-bond donors (Lipinski definition) is 1. The first kappa shape index (κ1) is 12.6. The van der Waals surface area contributed by atoms with E-state index >= 15 is 0 Å². The smallest absolute Gasteiger partial charge is 0.119 e. The largest absolute Gasteiger partial charge is 0.497 e. The summed E-state index contributed by atoms with van der Waals surface area (Å²) >= 11 is 0. The summed E-state index contributed by atoms with van der Waals surface area (Å²) in [5, 5.41) is 3.41. The average molecular weight is 217 g/mol. The lowest BCUT2D eigenvalue weighted by molar-refractivity contribution is 0.413. The summed E-state index contributed by atoms with van der Waals surface area (Å²) in [7, 11) is 1.69. The van der Waals surface area contributed by atoms with E-state index in [1.54, 1.807) is 7.11 Å². The zero-order valence-electron chi connectivity index (χ0n) is 10.2. The van der Waals surface area contributed by atoms with Gasteiger partial charge in [-0.15, -0.1) is 5.92 Å². The van der Waals surface area contributed by atoms with Crippen LogP contribution in [0.5, 0.6) is 5.75 Å². The Hall–Kier alpha value is -1.46. The molecule has 0 fully saturated rings. The van der Waals surface area contributed by atoms with Crippen LogP contribution in [0.4, 0.5) is 0 Å². The molecule has 0 saturated heterocycles. The van der Waals surface area contributed by atoms with Crippen LogP contribution >= 0.6 is 0 Å². The van der Waals surface area contributed by atoms with E-state index in [1.807, 2.05) is 19.1 Å². The van der Waals surface area contributed by atoms with Crippen molar-refractivity contribution in [1.29, 1.82) is 0 Å². The highest BCUT2D eigenvalue weighted by atomic mass is 16.5. The molecule has 0 aliphatic rings. The fourth-order valence-corrected chi connectivity index (χ4v) is 1.62. The van der Waals surface area contributed by atoms with E-state index < -0.39 is 0 Å². The van der Waals surface area contributed by atoms with Gasteiger partial charge in [-0.2, -0.15) is 0 Å². The first-order valence-electron chi connectivity index (χ1n) is 5.58. The second-order valence-electron chi connectivity index (χ2n) is 3.55. The van der Waals surface area contributed by atoms with Gasteiger partial charge in [0.2, 0.25) is 0 Å². The molecule has 16 heavy (non-hydrogen) atoms. The van der Waals surface area contributed by atoms with Gasteiger partial charge in [-0.1, -0.05) is 25.0 Å². The normalized spacial score (nSPS) is 11.4. The summed E-state index contributed by atoms with van der Waals surface area (Å²) in [4.78, 5) is 0. The van der Waals surface area contributed by atoms with Crippen LogP contribution in [-0.4, -0.2) is 13.7 Å². The molecule has 0 heterocycles. The van der Waals surface area contributed by atoms with Crippen LogP contribution in [0.2, 0.25) is 0 Å². The van der Waals surface area contributed by atoms with Crippen molar-refractivity contribution in [3.63, 3.8) is 0 Å². The van der Waals surface area contributed by atoms with Crippen molar-refractivity contribution in [2.24, 2.45) is 0 Å². The van der Waals surface area contributed by atoms with Crippen molar-refractivity contribution in [3.05, 3.63) is 29.8 Å². The van der Waals surface area contributed by atoms with Gasteiger partial charge in [-0.05, 0) is 31.0 Å². The highest BCUT2D eigenvalue weighted by Gasteiger charge is 2.08. The summed E-state index contributed by atoms with van der Waals surface area (Å²) in [5.74, 6) is 6.81. The van der Waals surface area contributed by atoms with E-state index in [-0.39, 0.29) is 0 Å². The minimum atomic E-state index is 0.343. The van der Waals surface area contributed by atoms with Gasteiger partial charge in [0, 0.05) is 6.04 Å². The lowest BCUT2D eigenvalue weighted by atomic mass is 10.0. The summed E-state index contributed by atoms with van der Waals surface area (Å²) in [6, 6.07) is 8.51. The van der Waals surface area contributed by atoms with Gasteiger partial charge in [0.1, 0.15) is 5.75 Å². The molecular weight excluding hydrogens is 198 g/mol. The van der Waals surface area contributed by atoms with Gasteiger partial charge < -0.3 is 4.74 Å². The van der Waals surface area contributed by atoms with E-state index in [4.69, 9.17) is 4.74 Å². The van der Waals surface area contributed by atoms with Crippen LogP contribution in [-0.2, 0) is 0 Å². The molecule has 0 saturated carbocycles. The topological polar surface area (TPSA) is 21.3 Å². The van der Waals surface area contributed by atoms with Crippen LogP contribution in [0.1, 0.15) is 31.9 Å². The highest BCUT2D eigenvalue weighted by molar-refractivity contribution is 5.30. The maximum absolute atomic E-state index is 5.22. The predicted octanol–water partition coefficient (Wildman–Crippen LogP) is 2.76. The second-order valence-corrected chi connectivity index (χ2v) is 3.55. The van der Waals surface area contributed by atoms with Gasteiger partial charge in [0.05, 0.1) is 13.7 Å². The number of nitrogens with one attached hydrogen (secondary N) is 1. The van der Waals surface area contributed by atoms with Crippen molar-refractivity contribution in [3.8, 4) is 17.6 Å². The van der Waals surface area contributed by atoms with E-state index in [0.29, 0.717) is 6.04 Å². The van der Waals surface area contributed by atoms with E-state index in [9.17, 15) is 0 Å². The molecule has 86 valence electrons. The van der Waals surface area contributed by atoms with Gasteiger partial charge in [0.25, 0.3) is 0 Å². The molecule has 1 aromatic carbocycles. The minimum Gasteiger partial charge on any atom is -0.497 e. The first-order chi connectivity index (χ1) is 7.81. The Labute approximate surface area is 98.0 Å². The number of rotatable bonds is 5. The number of methoxy groups -OCH3 is 1. The molecule has 1 N–H and O–H groups in total. The van der Waals surface area contributed by atoms with E-state index in [1.165, 1.54) is 5.56 Å². The molecule has 0 radical (unpaired) electrons. The molecule has 0 aromatic heterocycles. The van der Waals surface area contributed by atoms with E-state index in [2.05, 4.69) is 36.2 Å². The minimum absolute atomic E-state index is 0.343. The summed E-state index contributed by atoms with van der Waals surface area (Å²) < 4.78 is 5.22. The van der Waals surface area contributed by atoms with Gasteiger partial charge in [-0.25, -0.2) is 0 Å². The number of ether oxygens (including phenoxy) is 1. The Morgan fingerprint density at radius 2 is 2.25 bits per heavy atom.